The molecule has 0 fully saturated rings. The number of rotatable bonds is 6. The average molecular weight is 347 g/mol. The summed E-state index contributed by atoms with van der Waals surface area (Å²) < 4.78 is 5.13. The molecule has 0 aliphatic heterocycles. The van der Waals surface area contributed by atoms with E-state index in [1.807, 2.05) is 37.3 Å². The number of para-hydroxylation sites is 1. The molecule has 0 aliphatic carbocycles. The monoisotopic (exact) mass is 346 g/mol. The quantitative estimate of drug-likeness (QED) is 0.781. The summed E-state index contributed by atoms with van der Waals surface area (Å²) in [5.41, 5.74) is 2.73. The first-order chi connectivity index (χ1) is 11.4. The van der Waals surface area contributed by atoms with Crippen molar-refractivity contribution in [3.8, 4) is 5.75 Å². The molecule has 1 atom stereocenters. The van der Waals surface area contributed by atoms with Gasteiger partial charge in [0.15, 0.2) is 0 Å². The normalized spacial score (nSPS) is 11.9. The molecule has 2 aromatic rings. The van der Waals surface area contributed by atoms with Gasteiger partial charge >= 0.3 is 0 Å². The number of halogens is 1. The molecular formula is C19H23ClN2O2. The molecule has 0 saturated carbocycles. The fourth-order valence-electron chi connectivity index (χ4n) is 2.43. The van der Waals surface area contributed by atoms with Gasteiger partial charge in [-0.05, 0) is 42.7 Å². The maximum absolute atomic E-state index is 12.5. The van der Waals surface area contributed by atoms with Gasteiger partial charge in [0.25, 0.3) is 0 Å². The molecule has 24 heavy (non-hydrogen) atoms. The Morgan fingerprint density at radius 1 is 1.12 bits per heavy atom. The van der Waals surface area contributed by atoms with Gasteiger partial charge in [-0.2, -0.15) is 0 Å². The Morgan fingerprint density at radius 2 is 1.83 bits per heavy atom. The van der Waals surface area contributed by atoms with Crippen molar-refractivity contribution < 1.29 is 9.53 Å². The van der Waals surface area contributed by atoms with E-state index in [0.717, 1.165) is 16.9 Å². The third-order valence-electron chi connectivity index (χ3n) is 3.77. The number of anilines is 2. The second kappa shape index (κ2) is 8.06. The lowest BCUT2D eigenvalue weighted by molar-refractivity contribution is -0.116. The van der Waals surface area contributed by atoms with E-state index in [1.165, 1.54) is 0 Å². The van der Waals surface area contributed by atoms with Gasteiger partial charge in [0.05, 0.1) is 12.1 Å². The molecule has 2 rings (SSSR count). The van der Waals surface area contributed by atoms with Crippen molar-refractivity contribution in [2.24, 2.45) is 0 Å². The van der Waals surface area contributed by atoms with Crippen LogP contribution in [0, 0.1) is 0 Å². The van der Waals surface area contributed by atoms with E-state index in [-0.39, 0.29) is 5.91 Å². The zero-order chi connectivity index (χ0) is 17.7. The zero-order valence-electron chi connectivity index (χ0n) is 14.4. The van der Waals surface area contributed by atoms with Crippen molar-refractivity contribution >= 4 is 28.9 Å². The minimum absolute atomic E-state index is 0.102. The summed E-state index contributed by atoms with van der Waals surface area (Å²) in [6, 6.07) is 12.8. The van der Waals surface area contributed by atoms with E-state index in [2.05, 4.69) is 24.5 Å². The molecule has 5 heteroatoms. The number of nitrogens with one attached hydrogen (secondary N) is 2. The number of amides is 1. The molecular weight excluding hydrogens is 324 g/mol. The van der Waals surface area contributed by atoms with Crippen LogP contribution in [-0.2, 0) is 4.79 Å². The molecule has 0 aromatic heterocycles. The topological polar surface area (TPSA) is 50.4 Å². The minimum atomic E-state index is -0.408. The Hall–Kier alpha value is -2.20. The van der Waals surface area contributed by atoms with Gasteiger partial charge in [-0.15, -0.1) is 0 Å². The Bertz CT molecular complexity index is 716. The third-order valence-corrected chi connectivity index (χ3v) is 4.06. The number of hydrogen-bond donors (Lipinski definition) is 2. The van der Waals surface area contributed by atoms with Gasteiger partial charge in [0.2, 0.25) is 5.91 Å². The van der Waals surface area contributed by atoms with E-state index >= 15 is 0 Å². The van der Waals surface area contributed by atoms with E-state index in [1.54, 1.807) is 19.2 Å². The summed E-state index contributed by atoms with van der Waals surface area (Å²) >= 11 is 6.11. The van der Waals surface area contributed by atoms with Gasteiger partial charge in [0, 0.05) is 11.4 Å². The average Bonchev–Trinajstić information content (AvgIpc) is 2.55. The van der Waals surface area contributed by atoms with Crippen LogP contribution in [0.1, 0.15) is 32.3 Å². The molecule has 0 heterocycles. The molecule has 1 unspecified atom stereocenters. The van der Waals surface area contributed by atoms with Crippen molar-refractivity contribution in [2.45, 2.75) is 32.7 Å². The van der Waals surface area contributed by atoms with E-state index in [9.17, 15) is 4.79 Å². The number of carbonyl (C=O) groups is 1. The highest BCUT2D eigenvalue weighted by molar-refractivity contribution is 6.32. The highest BCUT2D eigenvalue weighted by Crippen LogP contribution is 2.28. The summed E-state index contributed by atoms with van der Waals surface area (Å²) in [6.07, 6.45) is 0. The Morgan fingerprint density at radius 3 is 2.46 bits per heavy atom. The highest BCUT2D eigenvalue weighted by atomic mass is 35.5. The second-order valence-corrected chi connectivity index (χ2v) is 6.35. The summed E-state index contributed by atoms with van der Waals surface area (Å²) in [5, 5.41) is 6.64. The largest absolute Gasteiger partial charge is 0.495 e. The second-order valence-electron chi connectivity index (χ2n) is 5.95. The maximum Gasteiger partial charge on any atom is 0.246 e. The van der Waals surface area contributed by atoms with E-state index in [4.69, 9.17) is 16.3 Å². The molecule has 0 aliphatic rings. The Kier molecular flexibility index (Phi) is 6.10. The summed E-state index contributed by atoms with van der Waals surface area (Å²) in [6.45, 7) is 6.02. The van der Waals surface area contributed by atoms with Crippen LogP contribution < -0.4 is 15.4 Å². The third kappa shape index (κ3) is 4.42. The van der Waals surface area contributed by atoms with Crippen LogP contribution in [0.2, 0.25) is 5.02 Å². The number of ether oxygens (including phenoxy) is 1. The number of methoxy groups -OCH3 is 1. The molecule has 2 N–H and O–H groups in total. The van der Waals surface area contributed by atoms with Gasteiger partial charge in [0.1, 0.15) is 11.8 Å². The zero-order valence-corrected chi connectivity index (χ0v) is 15.1. The van der Waals surface area contributed by atoms with Crippen molar-refractivity contribution in [1.29, 1.82) is 0 Å². The first-order valence-electron chi connectivity index (χ1n) is 7.92. The predicted molar refractivity (Wildman–Crippen MR) is 100 cm³/mol. The number of carbonyl (C=O) groups excluding carboxylic acids is 1. The van der Waals surface area contributed by atoms with Crippen LogP contribution in [0.25, 0.3) is 0 Å². The SMILES string of the molecule is COc1ccc(NC(C)C(=O)Nc2ccccc2C(C)C)cc1Cl. The molecule has 0 radical (unpaired) electrons. The van der Waals surface area contributed by atoms with Crippen LogP contribution in [0.3, 0.4) is 0 Å². The van der Waals surface area contributed by atoms with E-state index in [0.29, 0.717) is 16.7 Å². The Labute approximate surface area is 148 Å². The van der Waals surface area contributed by atoms with Crippen LogP contribution >= 0.6 is 11.6 Å². The smallest absolute Gasteiger partial charge is 0.246 e. The molecule has 1 amide bonds. The lowest BCUT2D eigenvalue weighted by Gasteiger charge is -2.18. The minimum Gasteiger partial charge on any atom is -0.495 e. The molecule has 0 saturated heterocycles. The lowest BCUT2D eigenvalue weighted by atomic mass is 10.0. The predicted octanol–water partition coefficient (Wildman–Crippen LogP) is 4.91. The summed E-state index contributed by atoms with van der Waals surface area (Å²) in [4.78, 5) is 12.5. The molecule has 0 spiro atoms. The first kappa shape index (κ1) is 18.1. The van der Waals surface area contributed by atoms with Crippen molar-refractivity contribution in [2.75, 3.05) is 17.7 Å². The van der Waals surface area contributed by atoms with Gasteiger partial charge in [-0.3, -0.25) is 4.79 Å². The van der Waals surface area contributed by atoms with Crippen molar-refractivity contribution in [3.05, 3.63) is 53.1 Å². The van der Waals surface area contributed by atoms with E-state index < -0.39 is 6.04 Å². The lowest BCUT2D eigenvalue weighted by Crippen LogP contribution is -2.32. The highest BCUT2D eigenvalue weighted by Gasteiger charge is 2.15. The standard InChI is InChI=1S/C19H23ClN2O2/c1-12(2)15-7-5-6-8-17(15)22-19(23)13(3)21-14-9-10-18(24-4)16(20)11-14/h5-13,21H,1-4H3,(H,22,23). The molecule has 128 valence electrons. The van der Waals surface area contributed by atoms with Crippen molar-refractivity contribution in [3.63, 3.8) is 0 Å². The van der Waals surface area contributed by atoms with Crippen molar-refractivity contribution in [1.82, 2.24) is 0 Å². The van der Waals surface area contributed by atoms with Gasteiger partial charge in [-0.1, -0.05) is 43.6 Å². The van der Waals surface area contributed by atoms with Crippen LogP contribution in [0.15, 0.2) is 42.5 Å². The van der Waals surface area contributed by atoms with Crippen LogP contribution in [0.5, 0.6) is 5.75 Å². The van der Waals surface area contributed by atoms with Crippen LogP contribution in [-0.4, -0.2) is 19.1 Å². The Balaban J connectivity index is 2.06. The molecule has 0 bridgehead atoms. The fraction of sp³-hybridized carbons (Fsp3) is 0.316. The van der Waals surface area contributed by atoms with Gasteiger partial charge < -0.3 is 15.4 Å². The van der Waals surface area contributed by atoms with Crippen LogP contribution in [0.4, 0.5) is 11.4 Å². The summed E-state index contributed by atoms with van der Waals surface area (Å²) in [5.74, 6) is 0.838. The maximum atomic E-state index is 12.5. The molecule has 2 aromatic carbocycles. The molecule has 4 nitrogen and oxygen atoms in total. The number of hydrogen-bond acceptors (Lipinski definition) is 3. The van der Waals surface area contributed by atoms with Gasteiger partial charge in [-0.25, -0.2) is 0 Å². The number of benzene rings is 2. The fourth-order valence-corrected chi connectivity index (χ4v) is 2.68. The first-order valence-corrected chi connectivity index (χ1v) is 8.30. The summed E-state index contributed by atoms with van der Waals surface area (Å²) in [7, 11) is 1.57.